The zero-order valence-corrected chi connectivity index (χ0v) is 11.4. The van der Waals surface area contributed by atoms with Crippen LogP contribution in [0.25, 0.3) is 0 Å². The average Bonchev–Trinajstić information content (AvgIpc) is 2.35. The van der Waals surface area contributed by atoms with Gasteiger partial charge in [-0.25, -0.2) is 0 Å². The van der Waals surface area contributed by atoms with E-state index in [9.17, 15) is 14.4 Å². The summed E-state index contributed by atoms with van der Waals surface area (Å²) < 4.78 is 0. The Morgan fingerprint density at radius 1 is 0.944 bits per heavy atom. The molecule has 0 aromatic rings. The molecule has 0 aliphatic carbocycles. The van der Waals surface area contributed by atoms with Gasteiger partial charge < -0.3 is 5.11 Å². The van der Waals surface area contributed by atoms with Crippen LogP contribution in [0.4, 0.5) is 0 Å². The molecule has 104 valence electrons. The topological polar surface area (TPSA) is 71.4 Å². The molecule has 1 N–H and O–H groups in total. The summed E-state index contributed by atoms with van der Waals surface area (Å²) in [5.74, 6) is -1.18. The quantitative estimate of drug-likeness (QED) is 0.577. The molecule has 0 rings (SSSR count). The Balaban J connectivity index is 3.81. The van der Waals surface area contributed by atoms with Crippen molar-refractivity contribution in [3.63, 3.8) is 0 Å². The summed E-state index contributed by atoms with van der Waals surface area (Å²) in [6, 6.07) is 0. The van der Waals surface area contributed by atoms with E-state index in [2.05, 4.69) is 0 Å². The van der Waals surface area contributed by atoms with Gasteiger partial charge in [-0.05, 0) is 12.8 Å². The molecule has 0 bridgehead atoms. The van der Waals surface area contributed by atoms with E-state index in [0.717, 1.165) is 19.3 Å². The van der Waals surface area contributed by atoms with Gasteiger partial charge in [0.05, 0.1) is 5.92 Å². The second-order valence-corrected chi connectivity index (χ2v) is 4.62. The van der Waals surface area contributed by atoms with Crippen molar-refractivity contribution in [2.45, 2.75) is 65.2 Å². The van der Waals surface area contributed by atoms with Gasteiger partial charge in [-0.15, -0.1) is 0 Å². The Morgan fingerprint density at radius 3 is 2.06 bits per heavy atom. The summed E-state index contributed by atoms with van der Waals surface area (Å²) in [4.78, 5) is 33.3. The second kappa shape index (κ2) is 9.80. The highest BCUT2D eigenvalue weighted by Gasteiger charge is 2.19. The van der Waals surface area contributed by atoms with Crippen molar-refractivity contribution >= 4 is 17.5 Å². The third-order valence-electron chi connectivity index (χ3n) is 3.12. The molecule has 0 saturated carbocycles. The van der Waals surface area contributed by atoms with Crippen LogP contribution in [0.15, 0.2) is 0 Å². The highest BCUT2D eigenvalue weighted by Crippen LogP contribution is 2.16. The number of hydrogen-bond donors (Lipinski definition) is 1. The van der Waals surface area contributed by atoms with Gasteiger partial charge in [-0.1, -0.05) is 26.7 Å². The third kappa shape index (κ3) is 7.98. The lowest BCUT2D eigenvalue weighted by atomic mass is 9.94. The summed E-state index contributed by atoms with van der Waals surface area (Å²) in [5, 5.41) is 8.99. The lowest BCUT2D eigenvalue weighted by Gasteiger charge is -2.10. The van der Waals surface area contributed by atoms with Gasteiger partial charge in [0, 0.05) is 25.7 Å². The van der Waals surface area contributed by atoms with E-state index in [1.54, 1.807) is 6.92 Å². The Kier molecular flexibility index (Phi) is 9.15. The van der Waals surface area contributed by atoms with Gasteiger partial charge >= 0.3 is 5.97 Å². The molecule has 0 fully saturated rings. The molecule has 0 amide bonds. The first-order chi connectivity index (χ1) is 8.51. The number of rotatable bonds is 11. The minimum absolute atomic E-state index is 0.00330. The van der Waals surface area contributed by atoms with Crippen LogP contribution in [0.3, 0.4) is 0 Å². The highest BCUT2D eigenvalue weighted by atomic mass is 16.4. The number of Topliss-reactive ketones (excluding diaryl/α,β-unsaturated/α-hetero) is 2. The Morgan fingerprint density at radius 2 is 1.56 bits per heavy atom. The van der Waals surface area contributed by atoms with E-state index in [-0.39, 0.29) is 18.0 Å². The lowest BCUT2D eigenvalue weighted by Crippen LogP contribution is -2.17. The number of aliphatic carboxylic acids is 1. The molecule has 0 aliphatic rings. The fourth-order valence-electron chi connectivity index (χ4n) is 1.80. The van der Waals surface area contributed by atoms with Crippen molar-refractivity contribution in [1.29, 1.82) is 0 Å². The summed E-state index contributed by atoms with van der Waals surface area (Å²) in [5.41, 5.74) is 0. The number of ketones is 2. The molecule has 0 aromatic carbocycles. The van der Waals surface area contributed by atoms with Crippen molar-refractivity contribution < 1.29 is 19.5 Å². The van der Waals surface area contributed by atoms with E-state index in [0.29, 0.717) is 25.7 Å². The molecule has 4 heteroatoms. The number of carboxylic acid groups (broad SMARTS) is 1. The first-order valence-corrected chi connectivity index (χ1v) is 6.77. The number of carbonyl (C=O) groups excluding carboxylic acids is 2. The van der Waals surface area contributed by atoms with Gasteiger partial charge in [0.15, 0.2) is 0 Å². The van der Waals surface area contributed by atoms with Crippen LogP contribution in [0.2, 0.25) is 0 Å². The molecule has 4 nitrogen and oxygen atoms in total. The van der Waals surface area contributed by atoms with E-state index in [1.807, 2.05) is 6.92 Å². The standard InChI is InChI=1S/C14H24O4/c1-3-12(15)9-7-5-6-8-11(14(17)18)10-13(16)4-2/h11H,3-10H2,1-2H3,(H,17,18). The Bertz CT molecular complexity index is 284. The largest absolute Gasteiger partial charge is 0.481 e. The summed E-state index contributed by atoms with van der Waals surface area (Å²) in [6.07, 6.45) is 4.67. The zero-order valence-electron chi connectivity index (χ0n) is 11.4. The highest BCUT2D eigenvalue weighted by molar-refractivity contribution is 5.83. The van der Waals surface area contributed by atoms with Crippen LogP contribution in [0, 0.1) is 5.92 Å². The molecule has 0 saturated heterocycles. The van der Waals surface area contributed by atoms with Gasteiger partial charge in [0.25, 0.3) is 0 Å². The van der Waals surface area contributed by atoms with Crippen LogP contribution >= 0.6 is 0 Å². The van der Waals surface area contributed by atoms with Gasteiger partial charge in [0.2, 0.25) is 0 Å². The van der Waals surface area contributed by atoms with E-state index < -0.39 is 11.9 Å². The Hall–Kier alpha value is -1.19. The molecule has 0 aliphatic heterocycles. The van der Waals surface area contributed by atoms with Gasteiger partial charge in [0.1, 0.15) is 11.6 Å². The molecule has 0 spiro atoms. The predicted octanol–water partition coefficient (Wildman–Crippen LogP) is 2.99. The van der Waals surface area contributed by atoms with E-state index in [1.165, 1.54) is 0 Å². The zero-order chi connectivity index (χ0) is 14.0. The van der Waals surface area contributed by atoms with Gasteiger partial charge in [-0.3, -0.25) is 14.4 Å². The van der Waals surface area contributed by atoms with Crippen LogP contribution in [0.1, 0.15) is 65.2 Å². The number of carbonyl (C=O) groups is 3. The normalized spacial score (nSPS) is 12.1. The fourth-order valence-corrected chi connectivity index (χ4v) is 1.80. The first kappa shape index (κ1) is 16.8. The molecule has 1 atom stereocenters. The minimum atomic E-state index is -0.888. The molecule has 1 unspecified atom stereocenters. The third-order valence-corrected chi connectivity index (χ3v) is 3.12. The predicted molar refractivity (Wildman–Crippen MR) is 69.4 cm³/mol. The summed E-state index contributed by atoms with van der Waals surface area (Å²) >= 11 is 0. The fraction of sp³-hybridized carbons (Fsp3) is 0.786. The smallest absolute Gasteiger partial charge is 0.306 e. The van der Waals surface area contributed by atoms with Crippen LogP contribution in [-0.2, 0) is 14.4 Å². The van der Waals surface area contributed by atoms with Crippen molar-refractivity contribution in [3.8, 4) is 0 Å². The lowest BCUT2D eigenvalue weighted by molar-refractivity contribution is -0.144. The second-order valence-electron chi connectivity index (χ2n) is 4.62. The van der Waals surface area contributed by atoms with Crippen LogP contribution in [-0.4, -0.2) is 22.6 Å². The maximum atomic E-state index is 11.2. The van der Waals surface area contributed by atoms with E-state index in [4.69, 9.17) is 5.11 Å². The average molecular weight is 256 g/mol. The first-order valence-electron chi connectivity index (χ1n) is 6.77. The van der Waals surface area contributed by atoms with Gasteiger partial charge in [-0.2, -0.15) is 0 Å². The summed E-state index contributed by atoms with van der Waals surface area (Å²) in [6.45, 7) is 3.59. The van der Waals surface area contributed by atoms with Crippen molar-refractivity contribution in [3.05, 3.63) is 0 Å². The summed E-state index contributed by atoms with van der Waals surface area (Å²) in [7, 11) is 0. The Labute approximate surface area is 109 Å². The number of carboxylic acids is 1. The molecular formula is C14H24O4. The van der Waals surface area contributed by atoms with E-state index >= 15 is 0 Å². The maximum Gasteiger partial charge on any atom is 0.306 e. The van der Waals surface area contributed by atoms with Crippen molar-refractivity contribution in [2.24, 2.45) is 5.92 Å². The van der Waals surface area contributed by atoms with Crippen molar-refractivity contribution in [2.75, 3.05) is 0 Å². The SMILES string of the molecule is CCC(=O)CCCCCC(CC(=O)CC)C(=O)O. The maximum absolute atomic E-state index is 11.2. The van der Waals surface area contributed by atoms with Crippen LogP contribution in [0.5, 0.6) is 0 Å². The number of unbranched alkanes of at least 4 members (excludes halogenated alkanes) is 2. The minimum Gasteiger partial charge on any atom is -0.481 e. The van der Waals surface area contributed by atoms with Crippen LogP contribution < -0.4 is 0 Å². The molecular weight excluding hydrogens is 232 g/mol. The molecule has 0 heterocycles. The van der Waals surface area contributed by atoms with Crippen molar-refractivity contribution in [1.82, 2.24) is 0 Å². The monoisotopic (exact) mass is 256 g/mol. The molecule has 0 aromatic heterocycles. The molecule has 18 heavy (non-hydrogen) atoms. The number of hydrogen-bond acceptors (Lipinski definition) is 3. The molecule has 0 radical (unpaired) electrons.